The van der Waals surface area contributed by atoms with Gasteiger partial charge in [0, 0.05) is 36.2 Å². The van der Waals surface area contributed by atoms with Crippen molar-refractivity contribution in [3.05, 3.63) is 28.2 Å². The standard InChI is InChI=1S/C18H25BrN2O4S/c1-20(15-5-3-2-4-6-15)18(22)14-7-8-16(19)17(13-14)26(23,24)21-9-11-25-12-10-21/h7-8,13,15H,2-6,9-12H2,1H3. The van der Waals surface area contributed by atoms with E-state index in [9.17, 15) is 13.2 Å². The van der Waals surface area contributed by atoms with Crippen LogP contribution in [0.15, 0.2) is 27.6 Å². The summed E-state index contributed by atoms with van der Waals surface area (Å²) in [5, 5.41) is 0. The van der Waals surface area contributed by atoms with Crippen molar-refractivity contribution in [2.75, 3.05) is 33.4 Å². The van der Waals surface area contributed by atoms with Crippen LogP contribution in [0, 0.1) is 0 Å². The lowest BCUT2D eigenvalue weighted by atomic mass is 9.94. The minimum atomic E-state index is -3.66. The normalized spacial score (nSPS) is 20.1. The van der Waals surface area contributed by atoms with Crippen LogP contribution in [-0.2, 0) is 14.8 Å². The highest BCUT2D eigenvalue weighted by Crippen LogP contribution is 2.28. The molecule has 1 aliphatic carbocycles. The Hall–Kier alpha value is -0.960. The Morgan fingerprint density at radius 2 is 1.85 bits per heavy atom. The fourth-order valence-electron chi connectivity index (χ4n) is 3.60. The van der Waals surface area contributed by atoms with E-state index >= 15 is 0 Å². The number of nitrogens with zero attached hydrogens (tertiary/aromatic N) is 2. The molecule has 1 heterocycles. The number of amides is 1. The smallest absolute Gasteiger partial charge is 0.253 e. The molecule has 0 atom stereocenters. The Bertz CT molecular complexity index is 756. The molecule has 0 N–H and O–H groups in total. The molecule has 8 heteroatoms. The fourth-order valence-corrected chi connectivity index (χ4v) is 5.96. The Morgan fingerprint density at radius 3 is 2.50 bits per heavy atom. The summed E-state index contributed by atoms with van der Waals surface area (Å²) in [4.78, 5) is 14.8. The SMILES string of the molecule is CN(C(=O)c1ccc(Br)c(S(=O)(=O)N2CCOCC2)c1)C1CCCCC1. The van der Waals surface area contributed by atoms with E-state index < -0.39 is 10.0 Å². The van der Waals surface area contributed by atoms with E-state index in [4.69, 9.17) is 4.74 Å². The van der Waals surface area contributed by atoms with Gasteiger partial charge in [-0.05, 0) is 47.0 Å². The third-order valence-corrected chi connectivity index (χ3v) is 8.10. The van der Waals surface area contributed by atoms with Gasteiger partial charge in [0.15, 0.2) is 0 Å². The first kappa shape index (κ1) is 19.8. The first-order chi connectivity index (χ1) is 12.4. The van der Waals surface area contributed by atoms with Gasteiger partial charge in [-0.1, -0.05) is 19.3 Å². The molecule has 144 valence electrons. The van der Waals surface area contributed by atoms with Crippen LogP contribution < -0.4 is 0 Å². The molecule has 1 aliphatic heterocycles. The summed E-state index contributed by atoms with van der Waals surface area (Å²) in [5.41, 5.74) is 0.410. The number of hydrogen-bond donors (Lipinski definition) is 0. The molecule has 0 unspecified atom stereocenters. The van der Waals surface area contributed by atoms with Crippen LogP contribution >= 0.6 is 15.9 Å². The summed E-state index contributed by atoms with van der Waals surface area (Å²) in [5.74, 6) is -0.122. The van der Waals surface area contributed by atoms with Gasteiger partial charge in [-0.2, -0.15) is 4.31 Å². The van der Waals surface area contributed by atoms with Crippen molar-refractivity contribution in [2.24, 2.45) is 0 Å². The van der Waals surface area contributed by atoms with Crippen LogP contribution in [0.3, 0.4) is 0 Å². The molecule has 1 saturated carbocycles. The van der Waals surface area contributed by atoms with Crippen LogP contribution in [0.5, 0.6) is 0 Å². The van der Waals surface area contributed by atoms with E-state index in [1.165, 1.54) is 16.8 Å². The molecule has 1 amide bonds. The molecule has 2 aliphatic rings. The Morgan fingerprint density at radius 1 is 1.19 bits per heavy atom. The van der Waals surface area contributed by atoms with Gasteiger partial charge >= 0.3 is 0 Å². The van der Waals surface area contributed by atoms with Crippen molar-refractivity contribution in [1.29, 1.82) is 0 Å². The zero-order valence-corrected chi connectivity index (χ0v) is 17.4. The highest BCUT2D eigenvalue weighted by atomic mass is 79.9. The summed E-state index contributed by atoms with van der Waals surface area (Å²) in [7, 11) is -1.85. The van der Waals surface area contributed by atoms with Gasteiger partial charge in [-0.15, -0.1) is 0 Å². The number of sulfonamides is 1. The fraction of sp³-hybridized carbons (Fsp3) is 0.611. The molecular formula is C18H25BrN2O4S. The topological polar surface area (TPSA) is 66.9 Å². The van der Waals surface area contributed by atoms with Gasteiger partial charge in [-0.25, -0.2) is 8.42 Å². The molecule has 1 saturated heterocycles. The summed E-state index contributed by atoms with van der Waals surface area (Å²) >= 11 is 3.33. The Balaban J connectivity index is 1.86. The van der Waals surface area contributed by atoms with Crippen LogP contribution in [0.2, 0.25) is 0 Å². The second-order valence-electron chi connectivity index (χ2n) is 6.87. The number of morpholine rings is 1. The second-order valence-corrected chi connectivity index (χ2v) is 9.63. The zero-order chi connectivity index (χ0) is 18.7. The molecule has 1 aromatic rings. The zero-order valence-electron chi connectivity index (χ0n) is 15.0. The molecule has 2 fully saturated rings. The third kappa shape index (κ3) is 4.13. The number of carbonyl (C=O) groups is 1. The van der Waals surface area contributed by atoms with Crippen molar-refractivity contribution < 1.29 is 17.9 Å². The molecule has 6 nitrogen and oxygen atoms in total. The molecule has 1 aromatic carbocycles. The van der Waals surface area contributed by atoms with Gasteiger partial charge in [0.05, 0.1) is 18.1 Å². The predicted molar refractivity (Wildman–Crippen MR) is 103 cm³/mol. The highest BCUT2D eigenvalue weighted by Gasteiger charge is 2.30. The van der Waals surface area contributed by atoms with Crippen molar-refractivity contribution in [2.45, 2.75) is 43.0 Å². The maximum absolute atomic E-state index is 13.0. The quantitative estimate of drug-likeness (QED) is 0.715. The van der Waals surface area contributed by atoms with Gasteiger partial charge in [0.25, 0.3) is 5.91 Å². The monoisotopic (exact) mass is 444 g/mol. The summed E-state index contributed by atoms with van der Waals surface area (Å²) in [6.07, 6.45) is 5.52. The minimum absolute atomic E-state index is 0.122. The Kier molecular flexibility index (Phi) is 6.37. The molecule has 26 heavy (non-hydrogen) atoms. The Labute approximate surface area is 163 Å². The van der Waals surface area contributed by atoms with E-state index in [0.717, 1.165) is 25.7 Å². The molecular weight excluding hydrogens is 420 g/mol. The number of ether oxygens (including phenoxy) is 1. The molecule has 0 spiro atoms. The van der Waals surface area contributed by atoms with E-state index in [1.807, 2.05) is 7.05 Å². The van der Waals surface area contributed by atoms with Gasteiger partial charge in [0.1, 0.15) is 0 Å². The van der Waals surface area contributed by atoms with Crippen molar-refractivity contribution in [3.8, 4) is 0 Å². The van der Waals surface area contributed by atoms with E-state index in [2.05, 4.69) is 15.9 Å². The van der Waals surface area contributed by atoms with Crippen molar-refractivity contribution in [3.63, 3.8) is 0 Å². The van der Waals surface area contributed by atoms with Crippen molar-refractivity contribution >= 4 is 31.9 Å². The number of carbonyl (C=O) groups excluding carboxylic acids is 1. The number of rotatable bonds is 4. The number of benzene rings is 1. The summed E-state index contributed by atoms with van der Waals surface area (Å²) in [6, 6.07) is 5.06. The predicted octanol–water partition coefficient (Wildman–Crippen LogP) is 2.87. The lowest BCUT2D eigenvalue weighted by Crippen LogP contribution is -2.41. The molecule has 0 aromatic heterocycles. The van der Waals surface area contributed by atoms with Crippen LogP contribution in [0.4, 0.5) is 0 Å². The van der Waals surface area contributed by atoms with Gasteiger partial charge in [0.2, 0.25) is 10.0 Å². The van der Waals surface area contributed by atoms with Crippen LogP contribution in [0.25, 0.3) is 0 Å². The second kappa shape index (κ2) is 8.37. The van der Waals surface area contributed by atoms with Crippen LogP contribution in [-0.4, -0.2) is 62.9 Å². The maximum atomic E-state index is 13.0. The maximum Gasteiger partial charge on any atom is 0.253 e. The lowest BCUT2D eigenvalue weighted by Gasteiger charge is -2.31. The third-order valence-electron chi connectivity index (χ3n) is 5.21. The molecule has 0 radical (unpaired) electrons. The van der Waals surface area contributed by atoms with E-state index in [0.29, 0.717) is 36.3 Å². The largest absolute Gasteiger partial charge is 0.379 e. The number of hydrogen-bond acceptors (Lipinski definition) is 4. The van der Waals surface area contributed by atoms with Gasteiger partial charge in [-0.3, -0.25) is 4.79 Å². The lowest BCUT2D eigenvalue weighted by molar-refractivity contribution is 0.0695. The molecule has 0 bridgehead atoms. The molecule has 3 rings (SSSR count). The summed E-state index contributed by atoms with van der Waals surface area (Å²) in [6.45, 7) is 1.43. The van der Waals surface area contributed by atoms with Gasteiger partial charge < -0.3 is 9.64 Å². The van der Waals surface area contributed by atoms with E-state index in [1.54, 1.807) is 17.0 Å². The first-order valence-electron chi connectivity index (χ1n) is 9.06. The first-order valence-corrected chi connectivity index (χ1v) is 11.3. The van der Waals surface area contributed by atoms with Crippen molar-refractivity contribution in [1.82, 2.24) is 9.21 Å². The van der Waals surface area contributed by atoms with Crippen LogP contribution in [0.1, 0.15) is 42.5 Å². The average Bonchev–Trinajstić information content (AvgIpc) is 2.68. The van der Waals surface area contributed by atoms with E-state index in [-0.39, 0.29) is 16.8 Å². The average molecular weight is 445 g/mol. The minimum Gasteiger partial charge on any atom is -0.379 e. The number of halogens is 1. The summed E-state index contributed by atoms with van der Waals surface area (Å²) < 4.78 is 33.1. The highest BCUT2D eigenvalue weighted by molar-refractivity contribution is 9.10.